The largest absolute Gasteiger partial charge is 0.496 e. The zero-order valence-corrected chi connectivity index (χ0v) is 20.5. The maximum Gasteiger partial charge on any atom is 0.310 e. The van der Waals surface area contributed by atoms with Gasteiger partial charge in [0.25, 0.3) is 0 Å². The molecule has 1 heterocycles. The summed E-state index contributed by atoms with van der Waals surface area (Å²) < 4.78 is 17.2. The van der Waals surface area contributed by atoms with E-state index in [9.17, 15) is 4.79 Å². The van der Waals surface area contributed by atoms with Gasteiger partial charge >= 0.3 is 5.97 Å². The Morgan fingerprint density at radius 2 is 1.85 bits per heavy atom. The van der Waals surface area contributed by atoms with Crippen LogP contribution in [-0.2, 0) is 9.53 Å². The normalized spacial score (nSPS) is 24.8. The van der Waals surface area contributed by atoms with Gasteiger partial charge in [-0.05, 0) is 75.1 Å². The fourth-order valence-corrected chi connectivity index (χ4v) is 4.65. The minimum atomic E-state index is -0.481. The molecule has 1 aromatic carbocycles. The summed E-state index contributed by atoms with van der Waals surface area (Å²) in [5, 5.41) is 8.35. The van der Waals surface area contributed by atoms with Gasteiger partial charge in [-0.15, -0.1) is 5.10 Å². The highest BCUT2D eigenvalue weighted by Crippen LogP contribution is 2.52. The molecule has 0 N–H and O–H groups in total. The lowest BCUT2D eigenvalue weighted by Crippen LogP contribution is -2.25. The van der Waals surface area contributed by atoms with Crippen molar-refractivity contribution in [2.45, 2.75) is 71.3 Å². The first-order valence-electron chi connectivity index (χ1n) is 12.1. The van der Waals surface area contributed by atoms with E-state index in [0.29, 0.717) is 18.4 Å². The second-order valence-corrected chi connectivity index (χ2v) is 10.7. The van der Waals surface area contributed by atoms with Gasteiger partial charge in [-0.3, -0.25) is 4.79 Å². The Bertz CT molecular complexity index is 976. The number of rotatable bonds is 7. The van der Waals surface area contributed by atoms with E-state index in [1.807, 2.05) is 39.0 Å². The van der Waals surface area contributed by atoms with Crippen molar-refractivity contribution in [1.29, 1.82) is 0 Å². The van der Waals surface area contributed by atoms with Crippen LogP contribution >= 0.6 is 0 Å². The van der Waals surface area contributed by atoms with Crippen LogP contribution in [0.3, 0.4) is 0 Å². The minimum Gasteiger partial charge on any atom is -0.496 e. The molecule has 0 radical (unpaired) electrons. The van der Waals surface area contributed by atoms with Gasteiger partial charge in [0.15, 0.2) is 0 Å². The van der Waals surface area contributed by atoms with E-state index in [0.717, 1.165) is 34.8 Å². The summed E-state index contributed by atoms with van der Waals surface area (Å²) in [7, 11) is 1.66. The molecule has 1 aromatic heterocycles. The number of hydrogen-bond donors (Lipinski definition) is 0. The average molecular weight is 453 g/mol. The van der Waals surface area contributed by atoms with E-state index in [-0.39, 0.29) is 17.8 Å². The molecule has 0 saturated heterocycles. The van der Waals surface area contributed by atoms with Crippen LogP contribution in [0.25, 0.3) is 11.1 Å². The molecule has 2 saturated carbocycles. The van der Waals surface area contributed by atoms with Gasteiger partial charge in [0.1, 0.15) is 11.4 Å². The number of esters is 1. The smallest absolute Gasteiger partial charge is 0.310 e. The molecule has 33 heavy (non-hydrogen) atoms. The first-order chi connectivity index (χ1) is 15.7. The number of benzene rings is 1. The SMILES string of the molecule is COc1ccc(-c2cnnc(OCC3CCC(C)CC3)c2)cc1C1CC1C(=O)OC(C)(C)C. The quantitative estimate of drug-likeness (QED) is 0.494. The van der Waals surface area contributed by atoms with Crippen LogP contribution in [0.1, 0.15) is 71.3 Å². The van der Waals surface area contributed by atoms with E-state index >= 15 is 0 Å². The van der Waals surface area contributed by atoms with E-state index in [1.165, 1.54) is 25.7 Å². The second kappa shape index (κ2) is 9.70. The Morgan fingerprint density at radius 1 is 1.09 bits per heavy atom. The Hall–Kier alpha value is -2.63. The van der Waals surface area contributed by atoms with Crippen molar-refractivity contribution in [3.05, 3.63) is 36.0 Å². The first-order valence-corrected chi connectivity index (χ1v) is 12.1. The first kappa shape index (κ1) is 23.5. The van der Waals surface area contributed by atoms with Gasteiger partial charge in [0.05, 0.1) is 25.8 Å². The summed E-state index contributed by atoms with van der Waals surface area (Å²) >= 11 is 0. The molecule has 0 bridgehead atoms. The fourth-order valence-electron chi connectivity index (χ4n) is 4.65. The third kappa shape index (κ3) is 6.04. The Kier molecular flexibility index (Phi) is 6.91. The molecule has 2 aliphatic rings. The van der Waals surface area contributed by atoms with Crippen LogP contribution in [0.5, 0.6) is 11.6 Å². The molecule has 6 nitrogen and oxygen atoms in total. The molecule has 2 unspecified atom stereocenters. The van der Waals surface area contributed by atoms with Crippen LogP contribution < -0.4 is 9.47 Å². The lowest BCUT2D eigenvalue weighted by atomic mass is 9.83. The van der Waals surface area contributed by atoms with Crippen LogP contribution in [-0.4, -0.2) is 35.5 Å². The monoisotopic (exact) mass is 452 g/mol. The van der Waals surface area contributed by atoms with Crippen molar-refractivity contribution in [2.75, 3.05) is 13.7 Å². The number of hydrogen-bond acceptors (Lipinski definition) is 6. The van der Waals surface area contributed by atoms with Crippen molar-refractivity contribution < 1.29 is 19.0 Å². The molecule has 6 heteroatoms. The minimum absolute atomic E-state index is 0.106. The van der Waals surface area contributed by atoms with Gasteiger partial charge < -0.3 is 14.2 Å². The van der Waals surface area contributed by atoms with Crippen molar-refractivity contribution in [2.24, 2.45) is 17.8 Å². The zero-order chi connectivity index (χ0) is 23.6. The van der Waals surface area contributed by atoms with Crippen LogP contribution in [0, 0.1) is 17.8 Å². The van der Waals surface area contributed by atoms with Crippen LogP contribution in [0.4, 0.5) is 0 Å². The standard InChI is InChI=1S/C27H36N2O4/c1-17-6-8-18(9-7-17)16-32-25-13-20(15-28-29-25)19-10-11-24(31-5)22(12-19)21-14-23(21)26(30)33-27(2,3)4/h10-13,15,17-18,21,23H,6-9,14,16H2,1-5H3. The summed E-state index contributed by atoms with van der Waals surface area (Å²) in [4.78, 5) is 12.5. The Balaban J connectivity index is 1.46. The van der Waals surface area contributed by atoms with Crippen molar-refractivity contribution in [1.82, 2.24) is 10.2 Å². The van der Waals surface area contributed by atoms with Gasteiger partial charge in [-0.25, -0.2) is 0 Å². The fraction of sp³-hybridized carbons (Fsp3) is 0.593. The topological polar surface area (TPSA) is 70.5 Å². The summed E-state index contributed by atoms with van der Waals surface area (Å²) in [6, 6.07) is 8.01. The maximum atomic E-state index is 12.5. The van der Waals surface area contributed by atoms with Crippen LogP contribution in [0.2, 0.25) is 0 Å². The number of ether oxygens (including phenoxy) is 3. The number of nitrogens with zero attached hydrogens (tertiary/aromatic N) is 2. The molecular weight excluding hydrogens is 416 g/mol. The van der Waals surface area contributed by atoms with Gasteiger partial charge in [0.2, 0.25) is 5.88 Å². The highest BCUT2D eigenvalue weighted by atomic mass is 16.6. The van der Waals surface area contributed by atoms with Crippen molar-refractivity contribution >= 4 is 5.97 Å². The number of carbonyl (C=O) groups is 1. The summed E-state index contributed by atoms with van der Waals surface area (Å²) in [5.41, 5.74) is 2.49. The molecule has 0 amide bonds. The molecule has 2 aliphatic carbocycles. The van der Waals surface area contributed by atoms with E-state index < -0.39 is 5.60 Å². The van der Waals surface area contributed by atoms with E-state index in [2.05, 4.69) is 23.2 Å². The predicted octanol–water partition coefficient (Wildman–Crippen LogP) is 5.80. The predicted molar refractivity (Wildman–Crippen MR) is 127 cm³/mol. The third-order valence-corrected chi connectivity index (χ3v) is 6.70. The number of carbonyl (C=O) groups excluding carboxylic acids is 1. The lowest BCUT2D eigenvalue weighted by molar-refractivity contribution is -0.156. The molecular formula is C27H36N2O4. The van der Waals surface area contributed by atoms with Gasteiger partial charge in [-0.2, -0.15) is 5.10 Å². The third-order valence-electron chi connectivity index (χ3n) is 6.70. The van der Waals surface area contributed by atoms with Crippen molar-refractivity contribution in [3.63, 3.8) is 0 Å². The summed E-state index contributed by atoms with van der Waals surface area (Å²) in [5.74, 6) is 2.61. The molecule has 0 spiro atoms. The highest BCUT2D eigenvalue weighted by molar-refractivity contribution is 5.78. The zero-order valence-electron chi connectivity index (χ0n) is 20.5. The van der Waals surface area contributed by atoms with Gasteiger partial charge in [-0.1, -0.05) is 25.8 Å². The van der Waals surface area contributed by atoms with Crippen molar-refractivity contribution in [3.8, 4) is 22.8 Å². The maximum absolute atomic E-state index is 12.5. The molecule has 2 atom stereocenters. The second-order valence-electron chi connectivity index (χ2n) is 10.7. The molecule has 2 fully saturated rings. The number of methoxy groups -OCH3 is 1. The Morgan fingerprint density at radius 3 is 2.55 bits per heavy atom. The molecule has 2 aromatic rings. The molecule has 4 rings (SSSR count). The molecule has 178 valence electrons. The van der Waals surface area contributed by atoms with E-state index in [4.69, 9.17) is 14.2 Å². The number of aromatic nitrogens is 2. The average Bonchev–Trinajstić information content (AvgIpc) is 3.58. The highest BCUT2D eigenvalue weighted by Gasteiger charge is 2.47. The van der Waals surface area contributed by atoms with E-state index in [1.54, 1.807) is 13.3 Å². The summed E-state index contributed by atoms with van der Waals surface area (Å²) in [6.45, 7) is 8.71. The Labute approximate surface area is 197 Å². The van der Waals surface area contributed by atoms with Crippen LogP contribution in [0.15, 0.2) is 30.5 Å². The summed E-state index contributed by atoms with van der Waals surface area (Å²) in [6.07, 6.45) is 7.52. The lowest BCUT2D eigenvalue weighted by Gasteiger charge is -2.25. The molecule has 0 aliphatic heterocycles. The van der Waals surface area contributed by atoms with Gasteiger partial charge in [0, 0.05) is 17.5 Å².